The van der Waals surface area contributed by atoms with Crippen LogP contribution >= 0.6 is 0 Å². The third-order valence-electron chi connectivity index (χ3n) is 5.45. The van der Waals surface area contributed by atoms with Crippen LogP contribution in [0.1, 0.15) is 46.5 Å². The maximum Gasteiger partial charge on any atom is 0.127 e. The van der Waals surface area contributed by atoms with E-state index in [1.54, 1.807) is 0 Å². The second-order valence-electron chi connectivity index (χ2n) is 8.57. The Morgan fingerprint density at radius 1 is 1.11 bits per heavy atom. The molecule has 1 saturated carbocycles. The highest BCUT2D eigenvalue weighted by molar-refractivity contribution is 6.85. The van der Waals surface area contributed by atoms with Crippen molar-refractivity contribution in [2.24, 2.45) is 0 Å². The van der Waals surface area contributed by atoms with Crippen LogP contribution in [0.2, 0.25) is 31.2 Å². The highest BCUT2D eigenvalue weighted by atomic mass is 28.3. The Bertz CT molecular complexity index is 309. The zero-order valence-corrected chi connectivity index (χ0v) is 16.3. The van der Waals surface area contributed by atoms with Gasteiger partial charge in [0.05, 0.1) is 8.07 Å². The highest BCUT2D eigenvalue weighted by Crippen LogP contribution is 2.42. The van der Waals surface area contributed by atoms with Gasteiger partial charge in [0.1, 0.15) is 8.24 Å². The lowest BCUT2D eigenvalue weighted by atomic mass is 10.2. The van der Waals surface area contributed by atoms with Gasteiger partial charge in [0.15, 0.2) is 0 Å². The molecule has 1 aliphatic carbocycles. The molecule has 0 radical (unpaired) electrons. The van der Waals surface area contributed by atoms with E-state index in [9.17, 15) is 0 Å². The summed E-state index contributed by atoms with van der Waals surface area (Å²) in [5.41, 5.74) is 2.28. The first-order valence-electron chi connectivity index (χ1n) is 7.92. The van der Waals surface area contributed by atoms with E-state index >= 15 is 0 Å². The summed E-state index contributed by atoms with van der Waals surface area (Å²) in [5.74, 6) is 0. The molecule has 19 heavy (non-hydrogen) atoms. The lowest BCUT2D eigenvalue weighted by Gasteiger charge is -2.51. The van der Waals surface area contributed by atoms with E-state index in [2.05, 4.69) is 63.8 Å². The van der Waals surface area contributed by atoms with Gasteiger partial charge in [-0.05, 0) is 24.0 Å². The first-order chi connectivity index (χ1) is 8.51. The quantitative estimate of drug-likeness (QED) is 0.630. The number of hydrogen-bond acceptors (Lipinski definition) is 1. The summed E-state index contributed by atoms with van der Waals surface area (Å²) in [6.45, 7) is 21.6. The van der Waals surface area contributed by atoms with Crippen LogP contribution in [0.25, 0.3) is 0 Å². The van der Waals surface area contributed by atoms with E-state index in [0.29, 0.717) is 5.04 Å². The smallest absolute Gasteiger partial charge is 0.127 e. The molecule has 0 aromatic heterocycles. The molecule has 0 aromatic carbocycles. The first kappa shape index (κ1) is 17.2. The lowest BCUT2D eigenvalue weighted by molar-refractivity contribution is 0.338. The Morgan fingerprint density at radius 3 is 1.95 bits per heavy atom. The Balaban J connectivity index is 3.01. The van der Waals surface area contributed by atoms with Gasteiger partial charge in [-0.2, -0.15) is 0 Å². The van der Waals surface area contributed by atoms with E-state index in [1.807, 2.05) is 0 Å². The molecule has 0 amide bonds. The molecule has 0 saturated heterocycles. The molecular weight excluding hydrogens is 262 g/mol. The molecule has 0 unspecified atom stereocenters. The minimum absolute atomic E-state index is 0.446. The molecule has 112 valence electrons. The summed E-state index contributed by atoms with van der Waals surface area (Å²) in [6.07, 6.45) is 7.04. The van der Waals surface area contributed by atoms with E-state index in [4.69, 9.17) is 0 Å². The average molecular weight is 298 g/mol. The highest BCUT2D eigenvalue weighted by Gasteiger charge is 2.45. The maximum absolute atomic E-state index is 4.11. The number of rotatable bonds is 5. The van der Waals surface area contributed by atoms with Crippen molar-refractivity contribution in [1.82, 2.24) is 4.57 Å². The van der Waals surface area contributed by atoms with Crippen molar-refractivity contribution < 1.29 is 0 Å². The van der Waals surface area contributed by atoms with Crippen molar-refractivity contribution in [3.63, 3.8) is 0 Å². The summed E-state index contributed by atoms with van der Waals surface area (Å²) in [5, 5.41) is 0.446. The van der Waals surface area contributed by atoms with Gasteiger partial charge in [-0.1, -0.05) is 59.8 Å². The number of hydrogen-bond donors (Lipinski definition) is 0. The summed E-state index contributed by atoms with van der Waals surface area (Å²) in [7, 11) is -2.68. The van der Waals surface area contributed by atoms with Gasteiger partial charge in [-0.15, -0.1) is 12.3 Å². The Labute approximate surface area is 123 Å². The van der Waals surface area contributed by atoms with Gasteiger partial charge in [0, 0.05) is 6.04 Å². The van der Waals surface area contributed by atoms with Crippen LogP contribution in [0.5, 0.6) is 0 Å². The fourth-order valence-electron chi connectivity index (χ4n) is 2.93. The molecule has 1 fully saturated rings. The molecule has 1 aliphatic rings. The van der Waals surface area contributed by atoms with E-state index < -0.39 is 16.3 Å². The van der Waals surface area contributed by atoms with Crippen molar-refractivity contribution in [3.8, 4) is 0 Å². The van der Waals surface area contributed by atoms with Crippen LogP contribution in [-0.2, 0) is 0 Å². The lowest BCUT2D eigenvalue weighted by Crippen LogP contribution is -2.62. The fraction of sp³-hybridized carbons (Fsp3) is 0.875. The van der Waals surface area contributed by atoms with Gasteiger partial charge in [-0.3, -0.25) is 0 Å². The van der Waals surface area contributed by atoms with Crippen LogP contribution in [0.15, 0.2) is 12.3 Å². The largest absolute Gasteiger partial charge is 0.323 e. The zero-order chi connectivity index (χ0) is 14.9. The summed E-state index contributed by atoms with van der Waals surface area (Å²) in [4.78, 5) is 0. The second-order valence-corrected chi connectivity index (χ2v) is 18.5. The molecule has 0 spiro atoms. The summed E-state index contributed by atoms with van der Waals surface area (Å²) in [6, 6.07) is 0.854. The minimum Gasteiger partial charge on any atom is -0.323 e. The SMILES string of the molecule is C=C[Si](C)(C)CN(C1CCCC1)[Si](C)(C)C(C)(C)C. The summed E-state index contributed by atoms with van der Waals surface area (Å²) < 4.78 is 2.98. The third-order valence-corrected chi connectivity index (χ3v) is 13.7. The number of nitrogens with zero attached hydrogens (tertiary/aromatic N) is 1. The van der Waals surface area contributed by atoms with Crippen LogP contribution in [0.4, 0.5) is 0 Å². The van der Waals surface area contributed by atoms with Crippen molar-refractivity contribution >= 4 is 16.3 Å². The van der Waals surface area contributed by atoms with Crippen LogP contribution in [0.3, 0.4) is 0 Å². The van der Waals surface area contributed by atoms with E-state index in [1.165, 1.54) is 31.9 Å². The van der Waals surface area contributed by atoms with Gasteiger partial charge in [0.2, 0.25) is 0 Å². The van der Waals surface area contributed by atoms with Gasteiger partial charge in [0.25, 0.3) is 0 Å². The topological polar surface area (TPSA) is 3.24 Å². The second kappa shape index (κ2) is 5.86. The summed E-state index contributed by atoms with van der Waals surface area (Å²) >= 11 is 0. The molecule has 0 heterocycles. The average Bonchev–Trinajstić information content (AvgIpc) is 2.77. The Hall–Kier alpha value is 0.134. The molecule has 0 N–H and O–H groups in total. The van der Waals surface area contributed by atoms with Crippen LogP contribution < -0.4 is 0 Å². The normalized spacial score (nSPS) is 19.2. The van der Waals surface area contributed by atoms with Crippen LogP contribution in [0, 0.1) is 0 Å². The molecule has 1 rings (SSSR count). The molecule has 1 nitrogen and oxygen atoms in total. The monoisotopic (exact) mass is 297 g/mol. The zero-order valence-electron chi connectivity index (χ0n) is 14.3. The third kappa shape index (κ3) is 4.05. The fourth-order valence-corrected chi connectivity index (χ4v) is 9.04. The van der Waals surface area contributed by atoms with Gasteiger partial charge in [-0.25, -0.2) is 0 Å². The van der Waals surface area contributed by atoms with E-state index in [-0.39, 0.29) is 0 Å². The standard InChI is InChI=1S/C16H35NSi2/c1-9-18(5,6)14-17(15-12-10-11-13-15)19(7,8)16(2,3)4/h9,15H,1,10-14H2,2-8H3. The van der Waals surface area contributed by atoms with Crippen molar-refractivity contribution in [1.29, 1.82) is 0 Å². The van der Waals surface area contributed by atoms with Gasteiger partial charge >= 0.3 is 0 Å². The Kier molecular flexibility index (Phi) is 5.30. The predicted octanol–water partition coefficient (Wildman–Crippen LogP) is 5.21. The van der Waals surface area contributed by atoms with Gasteiger partial charge < -0.3 is 4.57 Å². The molecule has 0 aromatic rings. The maximum atomic E-state index is 4.11. The first-order valence-corrected chi connectivity index (χ1v) is 14.1. The minimum atomic E-state index is -1.41. The molecule has 0 atom stereocenters. The molecule has 3 heteroatoms. The molecular formula is C16H35NSi2. The van der Waals surface area contributed by atoms with Crippen LogP contribution in [-0.4, -0.2) is 33.1 Å². The molecule has 0 bridgehead atoms. The predicted molar refractivity (Wildman–Crippen MR) is 93.8 cm³/mol. The Morgan fingerprint density at radius 2 is 1.58 bits per heavy atom. The van der Waals surface area contributed by atoms with E-state index in [0.717, 1.165) is 6.04 Å². The molecule has 0 aliphatic heterocycles. The van der Waals surface area contributed by atoms with Crippen molar-refractivity contribution in [2.45, 2.75) is 83.7 Å². The van der Waals surface area contributed by atoms with Crippen molar-refractivity contribution in [3.05, 3.63) is 12.3 Å². The van der Waals surface area contributed by atoms with Crippen molar-refractivity contribution in [2.75, 3.05) is 6.17 Å².